The summed E-state index contributed by atoms with van der Waals surface area (Å²) in [4.78, 5) is 18.7. The highest BCUT2D eigenvalue weighted by molar-refractivity contribution is 5.98. The van der Waals surface area contributed by atoms with Crippen molar-refractivity contribution < 1.29 is 18.0 Å². The third-order valence-corrected chi connectivity index (χ3v) is 7.27. The molecule has 4 aromatic rings. The first-order chi connectivity index (χ1) is 17.6. The van der Waals surface area contributed by atoms with Gasteiger partial charge in [-0.15, -0.1) is 35.0 Å². The van der Waals surface area contributed by atoms with Gasteiger partial charge in [0.1, 0.15) is 11.7 Å². The minimum Gasteiger partial charge on any atom is -0.347 e. The predicted octanol–water partition coefficient (Wildman–Crippen LogP) is 4.71. The number of fused-ring (bicyclic) bond motifs is 2. The lowest BCUT2D eigenvalue weighted by Gasteiger charge is -2.30. The Kier molecular flexibility index (Phi) is 7.83. The highest BCUT2D eigenvalue weighted by atomic mass is 35.5. The molecule has 1 aromatic carbocycles. The molecule has 3 aromatic heterocycles. The second kappa shape index (κ2) is 10.5. The number of benzene rings is 1. The zero-order valence-corrected chi connectivity index (χ0v) is 22.6. The van der Waals surface area contributed by atoms with E-state index in [-0.39, 0.29) is 61.0 Å². The molecule has 1 amide bonds. The predicted molar refractivity (Wildman–Crippen MR) is 146 cm³/mol. The van der Waals surface area contributed by atoms with Crippen LogP contribution < -0.4 is 11.1 Å². The smallest absolute Gasteiger partial charge is 0.347 e. The van der Waals surface area contributed by atoms with Gasteiger partial charge in [0.15, 0.2) is 11.5 Å². The number of nitrogens with two attached hydrogens (primary N) is 1. The lowest BCUT2D eigenvalue weighted by molar-refractivity contribution is -0.183. The van der Waals surface area contributed by atoms with Crippen LogP contribution >= 0.6 is 24.8 Å². The number of carbonyl (C=O) groups excluding carboxylic acids is 1. The number of pyridine rings is 2. The molecule has 0 spiro atoms. The van der Waals surface area contributed by atoms with E-state index in [2.05, 4.69) is 20.5 Å². The quantitative estimate of drug-likeness (QED) is 0.354. The summed E-state index contributed by atoms with van der Waals surface area (Å²) in [6, 6.07) is 9.80. The number of rotatable bonds is 5. The Morgan fingerprint density at radius 3 is 2.54 bits per heavy atom. The average Bonchev–Trinajstić information content (AvgIpc) is 3.22. The molecule has 1 saturated heterocycles. The lowest BCUT2D eigenvalue weighted by atomic mass is 10.1. The molecule has 1 unspecified atom stereocenters. The summed E-state index contributed by atoms with van der Waals surface area (Å²) in [5.41, 5.74) is 7.77. The van der Waals surface area contributed by atoms with E-state index in [1.54, 1.807) is 18.2 Å². The summed E-state index contributed by atoms with van der Waals surface area (Å²) in [5.74, 6) is 0.157. The van der Waals surface area contributed by atoms with Gasteiger partial charge < -0.3 is 11.1 Å². The van der Waals surface area contributed by atoms with Gasteiger partial charge in [0.2, 0.25) is 0 Å². The maximum absolute atomic E-state index is 14.2. The van der Waals surface area contributed by atoms with E-state index in [0.29, 0.717) is 34.7 Å². The van der Waals surface area contributed by atoms with Crippen LogP contribution in [-0.4, -0.2) is 61.2 Å². The molecule has 3 N–H and O–H groups in total. The molecule has 39 heavy (non-hydrogen) atoms. The highest BCUT2D eigenvalue weighted by Gasteiger charge is 2.46. The average molecular weight is 582 g/mol. The summed E-state index contributed by atoms with van der Waals surface area (Å²) in [5, 5.41) is 12.2. The number of aromatic nitrogens is 4. The van der Waals surface area contributed by atoms with Gasteiger partial charge in [-0.2, -0.15) is 13.2 Å². The largest absolute Gasteiger partial charge is 0.408 e. The molecular formula is C26H28Cl2F3N7O. The molecule has 0 radical (unpaired) electrons. The SMILES string of the molecule is CC1(NC(=O)c2ccc3ccc(-c4nnc5ccc([C@@H](N6CCC(N)C6)C(F)(F)F)cn45)nc3c2)CC1.Cl.Cl. The van der Waals surface area contributed by atoms with Crippen molar-refractivity contribution in [1.29, 1.82) is 0 Å². The molecule has 13 heteroatoms. The zero-order valence-electron chi connectivity index (χ0n) is 21.0. The number of amides is 1. The van der Waals surface area contributed by atoms with Crippen molar-refractivity contribution in [2.24, 2.45) is 5.73 Å². The van der Waals surface area contributed by atoms with Crippen LogP contribution in [-0.2, 0) is 0 Å². The van der Waals surface area contributed by atoms with Crippen molar-refractivity contribution in [3.05, 3.63) is 59.8 Å². The fourth-order valence-electron chi connectivity index (χ4n) is 4.94. The van der Waals surface area contributed by atoms with Gasteiger partial charge in [-0.25, -0.2) is 4.98 Å². The van der Waals surface area contributed by atoms with Gasteiger partial charge in [0.05, 0.1) is 5.52 Å². The molecule has 1 saturated carbocycles. The van der Waals surface area contributed by atoms with Crippen LogP contribution in [0.2, 0.25) is 0 Å². The van der Waals surface area contributed by atoms with E-state index in [1.807, 2.05) is 19.1 Å². The first-order valence-electron chi connectivity index (χ1n) is 12.2. The number of nitrogens with zero attached hydrogens (tertiary/aromatic N) is 5. The van der Waals surface area contributed by atoms with Crippen molar-refractivity contribution >= 4 is 47.3 Å². The number of halogens is 5. The topological polar surface area (TPSA) is 101 Å². The number of likely N-dealkylation sites (tertiary alicyclic amines) is 1. The molecule has 1 aliphatic carbocycles. The molecular weight excluding hydrogens is 554 g/mol. The van der Waals surface area contributed by atoms with Crippen molar-refractivity contribution in [3.63, 3.8) is 0 Å². The molecule has 4 heterocycles. The van der Waals surface area contributed by atoms with E-state index in [0.717, 1.165) is 18.2 Å². The van der Waals surface area contributed by atoms with Crippen LogP contribution in [0.4, 0.5) is 13.2 Å². The Balaban J connectivity index is 0.00000176. The molecule has 0 bridgehead atoms. The third-order valence-electron chi connectivity index (χ3n) is 7.27. The third kappa shape index (κ3) is 5.67. The molecule has 2 atom stereocenters. The van der Waals surface area contributed by atoms with Gasteiger partial charge >= 0.3 is 6.18 Å². The van der Waals surface area contributed by atoms with E-state index < -0.39 is 12.2 Å². The monoisotopic (exact) mass is 581 g/mol. The van der Waals surface area contributed by atoms with Crippen LogP contribution in [0.5, 0.6) is 0 Å². The molecule has 208 valence electrons. The van der Waals surface area contributed by atoms with Gasteiger partial charge in [0, 0.05) is 41.8 Å². The van der Waals surface area contributed by atoms with Gasteiger partial charge in [-0.3, -0.25) is 14.1 Å². The maximum Gasteiger partial charge on any atom is 0.408 e. The molecule has 8 nitrogen and oxygen atoms in total. The van der Waals surface area contributed by atoms with Crippen LogP contribution in [0.1, 0.15) is 48.1 Å². The lowest BCUT2D eigenvalue weighted by Crippen LogP contribution is -2.38. The van der Waals surface area contributed by atoms with Crippen LogP contribution in [0.25, 0.3) is 28.1 Å². The fourth-order valence-corrected chi connectivity index (χ4v) is 4.94. The maximum atomic E-state index is 14.2. The zero-order chi connectivity index (χ0) is 25.9. The molecule has 2 fully saturated rings. The Morgan fingerprint density at radius 1 is 1.13 bits per heavy atom. The standard InChI is InChI=1S/C26H26F3N7O.2ClH/c1-25(9-10-25)32-24(37)16-3-2-15-4-6-19(31-20(15)12-16)23-34-33-21-7-5-17(13-36(21)23)22(26(27,28)29)35-11-8-18(30)14-35;;/h2-7,12-13,18,22H,8-11,14,30H2,1H3,(H,32,37);2*1H/t18?,22-;;/m1../s1. The minimum atomic E-state index is -4.47. The number of alkyl halides is 3. The van der Waals surface area contributed by atoms with Crippen LogP contribution in [0.15, 0.2) is 48.7 Å². The number of nitrogens with one attached hydrogen (secondary N) is 1. The highest BCUT2D eigenvalue weighted by Crippen LogP contribution is 2.39. The van der Waals surface area contributed by atoms with Crippen molar-refractivity contribution in [2.75, 3.05) is 13.1 Å². The van der Waals surface area contributed by atoms with Gasteiger partial charge in [-0.05, 0) is 56.0 Å². The van der Waals surface area contributed by atoms with Gasteiger partial charge in [0.25, 0.3) is 5.91 Å². The van der Waals surface area contributed by atoms with Crippen LogP contribution in [0.3, 0.4) is 0 Å². The van der Waals surface area contributed by atoms with E-state index in [1.165, 1.54) is 27.6 Å². The molecule has 1 aliphatic heterocycles. The van der Waals surface area contributed by atoms with Crippen LogP contribution in [0, 0.1) is 0 Å². The second-order valence-corrected chi connectivity index (χ2v) is 10.3. The van der Waals surface area contributed by atoms with E-state index >= 15 is 0 Å². The Morgan fingerprint density at radius 2 is 1.87 bits per heavy atom. The second-order valence-electron chi connectivity index (χ2n) is 10.3. The summed E-state index contributed by atoms with van der Waals surface area (Å²) < 4.78 is 44.0. The Bertz CT molecular complexity index is 1520. The summed E-state index contributed by atoms with van der Waals surface area (Å²) >= 11 is 0. The van der Waals surface area contributed by atoms with Crippen molar-refractivity contribution in [1.82, 2.24) is 29.8 Å². The summed E-state index contributed by atoms with van der Waals surface area (Å²) in [6.45, 7) is 2.46. The Hall–Kier alpha value is -2.99. The molecule has 6 rings (SSSR count). The van der Waals surface area contributed by atoms with Crippen molar-refractivity contribution in [2.45, 2.75) is 50.0 Å². The van der Waals surface area contributed by atoms with Gasteiger partial charge in [-0.1, -0.05) is 18.2 Å². The minimum absolute atomic E-state index is 0. The fraction of sp³-hybridized carbons (Fsp3) is 0.385. The number of carbonyl (C=O) groups is 1. The van der Waals surface area contributed by atoms with Crippen molar-refractivity contribution in [3.8, 4) is 11.5 Å². The normalized spacial score (nSPS) is 19.4. The number of hydrogen-bond acceptors (Lipinski definition) is 6. The summed E-state index contributed by atoms with van der Waals surface area (Å²) in [7, 11) is 0. The molecule has 2 aliphatic rings. The first-order valence-corrected chi connectivity index (χ1v) is 12.2. The Labute approximate surface area is 235 Å². The number of hydrogen-bond donors (Lipinski definition) is 2. The first kappa shape index (κ1) is 29.0. The van der Waals surface area contributed by atoms with E-state index in [4.69, 9.17) is 5.73 Å². The van der Waals surface area contributed by atoms with E-state index in [9.17, 15) is 18.0 Å². The summed E-state index contributed by atoms with van der Waals surface area (Å²) in [6.07, 6.45) is -0.611.